The number of pyridine rings is 1. The number of anilines is 1. The van der Waals surface area contributed by atoms with Crippen molar-refractivity contribution in [2.75, 3.05) is 4.90 Å². The standard InChI is InChI=1S/C18H14FN3O3/c19-14-6-2-1-4-13(14)11-22(18(20)24)15-7-8-16(25-17(15)23)12-5-3-9-21-10-12/h1-10H,11H2,(H2,20,24). The van der Waals surface area contributed by atoms with E-state index < -0.39 is 17.5 Å². The van der Waals surface area contributed by atoms with Gasteiger partial charge in [0.25, 0.3) is 0 Å². The summed E-state index contributed by atoms with van der Waals surface area (Å²) < 4.78 is 19.1. The Morgan fingerprint density at radius 2 is 1.96 bits per heavy atom. The average molecular weight is 339 g/mol. The minimum Gasteiger partial charge on any atom is -0.421 e. The molecule has 2 aromatic heterocycles. The van der Waals surface area contributed by atoms with Gasteiger partial charge < -0.3 is 10.2 Å². The summed E-state index contributed by atoms with van der Waals surface area (Å²) in [5, 5.41) is 0. The molecule has 0 fully saturated rings. The Morgan fingerprint density at radius 3 is 2.60 bits per heavy atom. The van der Waals surface area contributed by atoms with Crippen molar-refractivity contribution in [1.29, 1.82) is 0 Å². The quantitative estimate of drug-likeness (QED) is 0.791. The van der Waals surface area contributed by atoms with E-state index >= 15 is 0 Å². The number of hydrogen-bond donors (Lipinski definition) is 1. The number of rotatable bonds is 4. The van der Waals surface area contributed by atoms with Crippen LogP contribution in [0, 0.1) is 5.82 Å². The molecule has 0 saturated carbocycles. The van der Waals surface area contributed by atoms with Crippen LogP contribution >= 0.6 is 0 Å². The summed E-state index contributed by atoms with van der Waals surface area (Å²) in [7, 11) is 0. The van der Waals surface area contributed by atoms with Crippen LogP contribution < -0.4 is 16.3 Å². The molecule has 6 nitrogen and oxygen atoms in total. The van der Waals surface area contributed by atoms with Crippen molar-refractivity contribution in [3.05, 3.63) is 82.7 Å². The van der Waals surface area contributed by atoms with Crippen molar-refractivity contribution >= 4 is 11.7 Å². The number of aromatic nitrogens is 1. The second kappa shape index (κ2) is 6.96. The van der Waals surface area contributed by atoms with Crippen molar-refractivity contribution < 1.29 is 13.6 Å². The van der Waals surface area contributed by atoms with Crippen molar-refractivity contribution in [2.45, 2.75) is 6.54 Å². The Labute approximate surface area is 142 Å². The number of urea groups is 1. The molecule has 0 bridgehead atoms. The summed E-state index contributed by atoms with van der Waals surface area (Å²) in [5.74, 6) is -0.192. The van der Waals surface area contributed by atoms with E-state index in [9.17, 15) is 14.0 Å². The van der Waals surface area contributed by atoms with Gasteiger partial charge in [-0.15, -0.1) is 0 Å². The van der Waals surface area contributed by atoms with E-state index in [1.54, 1.807) is 30.6 Å². The maximum absolute atomic E-state index is 13.8. The number of nitrogens with zero attached hydrogens (tertiary/aromatic N) is 2. The highest BCUT2D eigenvalue weighted by molar-refractivity contribution is 5.90. The Balaban J connectivity index is 1.96. The van der Waals surface area contributed by atoms with Crippen LogP contribution in [0.1, 0.15) is 5.56 Å². The number of nitrogens with two attached hydrogens (primary N) is 1. The molecule has 2 amide bonds. The van der Waals surface area contributed by atoms with Gasteiger partial charge in [0.1, 0.15) is 17.3 Å². The molecule has 0 radical (unpaired) electrons. The molecule has 0 spiro atoms. The largest absolute Gasteiger partial charge is 0.421 e. The maximum atomic E-state index is 13.8. The lowest BCUT2D eigenvalue weighted by molar-refractivity contribution is 0.253. The number of halogens is 1. The second-order valence-electron chi connectivity index (χ2n) is 5.23. The predicted octanol–water partition coefficient (Wildman–Crippen LogP) is 2.93. The fourth-order valence-corrected chi connectivity index (χ4v) is 2.35. The lowest BCUT2D eigenvalue weighted by Gasteiger charge is -2.19. The highest BCUT2D eigenvalue weighted by Crippen LogP contribution is 2.20. The molecule has 3 aromatic rings. The SMILES string of the molecule is NC(=O)N(Cc1ccccc1F)c1ccc(-c2cccnc2)oc1=O. The Bertz CT molecular complexity index is 957. The summed E-state index contributed by atoms with van der Waals surface area (Å²) in [5.41, 5.74) is 5.39. The van der Waals surface area contributed by atoms with Gasteiger partial charge in [-0.1, -0.05) is 18.2 Å². The van der Waals surface area contributed by atoms with Crippen LogP contribution in [0.4, 0.5) is 14.9 Å². The monoisotopic (exact) mass is 339 g/mol. The smallest absolute Gasteiger partial charge is 0.360 e. The first-order chi connectivity index (χ1) is 12.1. The molecule has 0 atom stereocenters. The molecule has 7 heteroatoms. The third kappa shape index (κ3) is 3.55. The van der Waals surface area contributed by atoms with E-state index in [1.807, 2.05) is 0 Å². The highest BCUT2D eigenvalue weighted by Gasteiger charge is 2.19. The van der Waals surface area contributed by atoms with Gasteiger partial charge in [0.2, 0.25) is 0 Å². The van der Waals surface area contributed by atoms with Gasteiger partial charge in [-0.05, 0) is 30.3 Å². The molecule has 1 aromatic carbocycles. The normalized spacial score (nSPS) is 10.4. The average Bonchev–Trinajstić information content (AvgIpc) is 2.62. The molecular formula is C18H14FN3O3. The second-order valence-corrected chi connectivity index (χ2v) is 5.23. The number of hydrogen-bond acceptors (Lipinski definition) is 4. The minimum atomic E-state index is -0.885. The topological polar surface area (TPSA) is 89.4 Å². The van der Waals surface area contributed by atoms with Crippen molar-refractivity contribution in [1.82, 2.24) is 4.98 Å². The predicted molar refractivity (Wildman–Crippen MR) is 90.4 cm³/mol. The molecule has 25 heavy (non-hydrogen) atoms. The summed E-state index contributed by atoms with van der Waals surface area (Å²) in [6, 6.07) is 11.4. The zero-order chi connectivity index (χ0) is 17.8. The zero-order valence-corrected chi connectivity index (χ0v) is 13.1. The van der Waals surface area contributed by atoms with Gasteiger partial charge in [-0.2, -0.15) is 0 Å². The maximum Gasteiger partial charge on any atom is 0.360 e. The van der Waals surface area contributed by atoms with Crippen LogP contribution in [-0.4, -0.2) is 11.0 Å². The molecule has 0 aliphatic carbocycles. The molecule has 126 valence electrons. The summed E-state index contributed by atoms with van der Waals surface area (Å²) in [6.07, 6.45) is 3.14. The van der Waals surface area contributed by atoms with Crippen LogP contribution in [0.2, 0.25) is 0 Å². The number of benzene rings is 1. The van der Waals surface area contributed by atoms with Gasteiger partial charge in [-0.3, -0.25) is 9.88 Å². The van der Waals surface area contributed by atoms with E-state index in [0.717, 1.165) is 4.90 Å². The van der Waals surface area contributed by atoms with E-state index in [4.69, 9.17) is 10.2 Å². The van der Waals surface area contributed by atoms with Gasteiger partial charge in [-0.25, -0.2) is 14.0 Å². The first-order valence-electron chi connectivity index (χ1n) is 7.41. The molecular weight excluding hydrogens is 325 g/mol. The van der Waals surface area contributed by atoms with Crippen LogP contribution in [0.25, 0.3) is 11.3 Å². The lowest BCUT2D eigenvalue weighted by atomic mass is 10.2. The minimum absolute atomic E-state index is 0.0663. The first-order valence-corrected chi connectivity index (χ1v) is 7.41. The fraction of sp³-hybridized carbons (Fsp3) is 0.0556. The number of carbonyl (C=O) groups excluding carboxylic acids is 1. The van der Waals surface area contributed by atoms with Crippen molar-refractivity contribution in [3.63, 3.8) is 0 Å². The zero-order valence-electron chi connectivity index (χ0n) is 13.1. The third-order valence-electron chi connectivity index (χ3n) is 3.59. The van der Waals surface area contributed by atoms with Crippen molar-refractivity contribution in [2.24, 2.45) is 5.73 Å². The number of amides is 2. The number of carbonyl (C=O) groups is 1. The molecule has 2 heterocycles. The summed E-state index contributed by atoms with van der Waals surface area (Å²) >= 11 is 0. The van der Waals surface area contributed by atoms with Gasteiger partial charge in [0, 0.05) is 23.5 Å². The first kappa shape index (κ1) is 16.4. The molecule has 0 aliphatic rings. The lowest BCUT2D eigenvalue weighted by Crippen LogP contribution is -2.38. The molecule has 2 N–H and O–H groups in total. The third-order valence-corrected chi connectivity index (χ3v) is 3.59. The summed E-state index contributed by atoms with van der Waals surface area (Å²) in [6.45, 7) is -0.182. The van der Waals surface area contributed by atoms with Crippen LogP contribution in [0.3, 0.4) is 0 Å². The van der Waals surface area contributed by atoms with Crippen molar-refractivity contribution in [3.8, 4) is 11.3 Å². The summed E-state index contributed by atoms with van der Waals surface area (Å²) in [4.78, 5) is 29.0. The Kier molecular flexibility index (Phi) is 4.56. The van der Waals surface area contributed by atoms with Gasteiger partial charge in [0.05, 0.1) is 6.54 Å². The van der Waals surface area contributed by atoms with E-state index in [-0.39, 0.29) is 17.8 Å². The molecule has 3 rings (SSSR count). The number of primary amides is 1. The van der Waals surface area contributed by atoms with Gasteiger partial charge in [0.15, 0.2) is 0 Å². The molecule has 0 unspecified atom stereocenters. The van der Waals surface area contributed by atoms with E-state index in [1.165, 1.54) is 30.3 Å². The van der Waals surface area contributed by atoms with E-state index in [0.29, 0.717) is 11.3 Å². The Hall–Kier alpha value is -3.48. The van der Waals surface area contributed by atoms with Gasteiger partial charge >= 0.3 is 11.7 Å². The van der Waals surface area contributed by atoms with Crippen LogP contribution in [0.15, 0.2) is 70.1 Å². The molecule has 0 aliphatic heterocycles. The van der Waals surface area contributed by atoms with Crippen LogP contribution in [0.5, 0.6) is 0 Å². The fourth-order valence-electron chi connectivity index (χ4n) is 2.35. The van der Waals surface area contributed by atoms with Crippen LogP contribution in [-0.2, 0) is 6.54 Å². The molecule has 0 saturated heterocycles. The Morgan fingerprint density at radius 1 is 1.16 bits per heavy atom. The van der Waals surface area contributed by atoms with E-state index in [2.05, 4.69) is 4.98 Å². The highest BCUT2D eigenvalue weighted by atomic mass is 19.1.